The number of hydrogen-bond acceptors (Lipinski definition) is 5. The van der Waals surface area contributed by atoms with Crippen LogP contribution in [0.2, 0.25) is 0 Å². The summed E-state index contributed by atoms with van der Waals surface area (Å²) in [5.41, 5.74) is 1.96. The standard InChI is InChI=1S/C13H16N2O3S2/c16-12(17)9-20-13(19)14-10-3-1-2-4-11(10)15-5-7-18-8-6-15/h1-4H,5-9H2,(H,14,19)(H,16,17). The molecule has 0 amide bonds. The first-order chi connectivity index (χ1) is 9.66. The summed E-state index contributed by atoms with van der Waals surface area (Å²) in [7, 11) is 0. The molecule has 7 heteroatoms. The van der Waals surface area contributed by atoms with E-state index in [1.807, 2.05) is 24.3 Å². The fourth-order valence-corrected chi connectivity index (χ4v) is 2.66. The molecule has 108 valence electrons. The van der Waals surface area contributed by atoms with Crippen LogP contribution in [0.5, 0.6) is 0 Å². The molecule has 0 aromatic heterocycles. The number of rotatable bonds is 4. The van der Waals surface area contributed by atoms with Gasteiger partial charge in [0.1, 0.15) is 4.32 Å². The van der Waals surface area contributed by atoms with Gasteiger partial charge in [0.2, 0.25) is 0 Å². The molecule has 0 unspecified atom stereocenters. The van der Waals surface area contributed by atoms with Crippen molar-refractivity contribution in [3.63, 3.8) is 0 Å². The maximum absolute atomic E-state index is 10.5. The van der Waals surface area contributed by atoms with Gasteiger partial charge in [0.05, 0.1) is 30.3 Å². The number of thioether (sulfide) groups is 1. The number of aliphatic carboxylic acids is 1. The van der Waals surface area contributed by atoms with Gasteiger partial charge in [-0.15, -0.1) is 0 Å². The van der Waals surface area contributed by atoms with Gasteiger partial charge in [-0.3, -0.25) is 4.79 Å². The Morgan fingerprint density at radius 1 is 1.40 bits per heavy atom. The van der Waals surface area contributed by atoms with Crippen molar-refractivity contribution in [2.24, 2.45) is 0 Å². The average Bonchev–Trinajstić information content (AvgIpc) is 2.47. The molecule has 0 aliphatic carbocycles. The van der Waals surface area contributed by atoms with Crippen molar-refractivity contribution in [2.45, 2.75) is 0 Å². The molecule has 2 N–H and O–H groups in total. The van der Waals surface area contributed by atoms with Crippen LogP contribution >= 0.6 is 24.0 Å². The van der Waals surface area contributed by atoms with Gasteiger partial charge in [-0.05, 0) is 12.1 Å². The minimum absolute atomic E-state index is 0.0362. The number of para-hydroxylation sites is 2. The zero-order valence-electron chi connectivity index (χ0n) is 10.9. The number of hydrogen-bond donors (Lipinski definition) is 2. The quantitative estimate of drug-likeness (QED) is 0.825. The van der Waals surface area contributed by atoms with E-state index in [9.17, 15) is 4.79 Å². The molecule has 5 nitrogen and oxygen atoms in total. The van der Waals surface area contributed by atoms with E-state index < -0.39 is 5.97 Å². The van der Waals surface area contributed by atoms with Crippen LogP contribution in [0.4, 0.5) is 11.4 Å². The molecule has 2 rings (SSSR count). The first-order valence-corrected chi connectivity index (χ1v) is 7.63. The molecule has 1 aromatic carbocycles. The van der Waals surface area contributed by atoms with Crippen molar-refractivity contribution in [2.75, 3.05) is 42.3 Å². The van der Waals surface area contributed by atoms with E-state index in [0.717, 1.165) is 36.2 Å². The molecule has 1 heterocycles. The lowest BCUT2D eigenvalue weighted by molar-refractivity contribution is -0.133. The Kier molecular flexibility index (Phi) is 5.63. The molecule has 1 aliphatic rings. The van der Waals surface area contributed by atoms with Crippen molar-refractivity contribution in [3.05, 3.63) is 24.3 Å². The second-order valence-electron chi connectivity index (χ2n) is 4.21. The number of ether oxygens (including phenoxy) is 1. The Hall–Kier alpha value is -1.31. The van der Waals surface area contributed by atoms with Crippen LogP contribution in [0, 0.1) is 0 Å². The van der Waals surface area contributed by atoms with E-state index in [-0.39, 0.29) is 5.75 Å². The summed E-state index contributed by atoms with van der Waals surface area (Å²) in [5.74, 6) is -0.911. The second-order valence-corrected chi connectivity index (χ2v) is 5.86. The third-order valence-electron chi connectivity index (χ3n) is 2.82. The summed E-state index contributed by atoms with van der Waals surface area (Å²) < 4.78 is 5.82. The van der Waals surface area contributed by atoms with Gasteiger partial charge < -0.3 is 20.1 Å². The fourth-order valence-electron chi connectivity index (χ4n) is 1.93. The summed E-state index contributed by atoms with van der Waals surface area (Å²) in [5, 5.41) is 11.8. The Balaban J connectivity index is 2.03. The Labute approximate surface area is 127 Å². The van der Waals surface area contributed by atoms with Crippen LogP contribution in [-0.2, 0) is 9.53 Å². The van der Waals surface area contributed by atoms with E-state index in [1.165, 1.54) is 0 Å². The Bertz CT molecular complexity index is 490. The molecule has 0 atom stereocenters. The van der Waals surface area contributed by atoms with Gasteiger partial charge in [-0.1, -0.05) is 36.1 Å². The third-order valence-corrected chi connectivity index (χ3v) is 4.03. The lowest BCUT2D eigenvalue weighted by Gasteiger charge is -2.30. The number of benzene rings is 1. The topological polar surface area (TPSA) is 61.8 Å². The SMILES string of the molecule is O=C(O)CSC(=S)Nc1ccccc1N1CCOCC1. The average molecular weight is 312 g/mol. The molecule has 20 heavy (non-hydrogen) atoms. The highest BCUT2D eigenvalue weighted by Crippen LogP contribution is 2.27. The predicted molar refractivity (Wildman–Crippen MR) is 85.8 cm³/mol. The van der Waals surface area contributed by atoms with Gasteiger partial charge in [-0.25, -0.2) is 0 Å². The number of carboxylic acid groups (broad SMARTS) is 1. The fraction of sp³-hybridized carbons (Fsp3) is 0.385. The normalized spacial score (nSPS) is 14.9. The lowest BCUT2D eigenvalue weighted by atomic mass is 10.2. The van der Waals surface area contributed by atoms with Crippen molar-refractivity contribution in [3.8, 4) is 0 Å². The van der Waals surface area contributed by atoms with Crippen LogP contribution in [-0.4, -0.2) is 47.5 Å². The minimum Gasteiger partial charge on any atom is -0.481 e. The van der Waals surface area contributed by atoms with Gasteiger partial charge in [0, 0.05) is 13.1 Å². The monoisotopic (exact) mass is 312 g/mol. The smallest absolute Gasteiger partial charge is 0.313 e. The molecular weight excluding hydrogens is 296 g/mol. The predicted octanol–water partition coefficient (Wildman–Crippen LogP) is 2.04. The van der Waals surface area contributed by atoms with Crippen LogP contribution in [0.3, 0.4) is 0 Å². The molecular formula is C13H16N2O3S2. The van der Waals surface area contributed by atoms with Crippen molar-refractivity contribution >= 4 is 45.6 Å². The first-order valence-electron chi connectivity index (χ1n) is 6.24. The van der Waals surface area contributed by atoms with Gasteiger partial charge in [-0.2, -0.15) is 0 Å². The number of morpholine rings is 1. The maximum Gasteiger partial charge on any atom is 0.313 e. The highest BCUT2D eigenvalue weighted by molar-refractivity contribution is 8.23. The number of nitrogens with zero attached hydrogens (tertiary/aromatic N) is 1. The molecule has 1 aliphatic heterocycles. The number of anilines is 2. The summed E-state index contributed by atoms with van der Waals surface area (Å²) in [6, 6.07) is 7.87. The van der Waals surface area contributed by atoms with Gasteiger partial charge in [0.15, 0.2) is 0 Å². The zero-order chi connectivity index (χ0) is 14.4. The third kappa shape index (κ3) is 4.36. The lowest BCUT2D eigenvalue weighted by Crippen LogP contribution is -2.36. The summed E-state index contributed by atoms with van der Waals surface area (Å²) >= 11 is 6.27. The van der Waals surface area contributed by atoms with Crippen LogP contribution in [0.15, 0.2) is 24.3 Å². The van der Waals surface area contributed by atoms with E-state index in [4.69, 9.17) is 22.1 Å². The highest BCUT2D eigenvalue weighted by Gasteiger charge is 2.15. The van der Waals surface area contributed by atoms with Crippen LogP contribution in [0.1, 0.15) is 0 Å². The molecule has 1 fully saturated rings. The number of thiocarbonyl (C=S) groups is 1. The summed E-state index contributed by atoms with van der Waals surface area (Å²) in [6.07, 6.45) is 0. The van der Waals surface area contributed by atoms with E-state index >= 15 is 0 Å². The molecule has 0 bridgehead atoms. The van der Waals surface area contributed by atoms with Gasteiger partial charge in [0.25, 0.3) is 0 Å². The van der Waals surface area contributed by atoms with Crippen molar-refractivity contribution in [1.82, 2.24) is 0 Å². The number of carboxylic acids is 1. The highest BCUT2D eigenvalue weighted by atomic mass is 32.2. The summed E-state index contributed by atoms with van der Waals surface area (Å²) in [4.78, 5) is 12.8. The second kappa shape index (κ2) is 7.47. The molecule has 0 radical (unpaired) electrons. The zero-order valence-corrected chi connectivity index (χ0v) is 12.5. The molecule has 0 spiro atoms. The van der Waals surface area contributed by atoms with E-state index in [2.05, 4.69) is 10.2 Å². The van der Waals surface area contributed by atoms with Crippen molar-refractivity contribution < 1.29 is 14.6 Å². The molecule has 1 aromatic rings. The summed E-state index contributed by atoms with van der Waals surface area (Å²) in [6.45, 7) is 3.11. The number of nitrogens with one attached hydrogen (secondary N) is 1. The minimum atomic E-state index is -0.874. The van der Waals surface area contributed by atoms with Crippen molar-refractivity contribution in [1.29, 1.82) is 0 Å². The number of carbonyl (C=O) groups is 1. The first kappa shape index (κ1) is 15.1. The van der Waals surface area contributed by atoms with Gasteiger partial charge >= 0.3 is 5.97 Å². The molecule has 1 saturated heterocycles. The largest absolute Gasteiger partial charge is 0.481 e. The van der Waals surface area contributed by atoms with Crippen LogP contribution < -0.4 is 10.2 Å². The maximum atomic E-state index is 10.5. The molecule has 0 saturated carbocycles. The van der Waals surface area contributed by atoms with E-state index in [1.54, 1.807) is 0 Å². The van der Waals surface area contributed by atoms with Crippen LogP contribution in [0.25, 0.3) is 0 Å². The van der Waals surface area contributed by atoms with E-state index in [0.29, 0.717) is 17.5 Å². The Morgan fingerprint density at radius 3 is 2.80 bits per heavy atom. The Morgan fingerprint density at radius 2 is 2.10 bits per heavy atom.